The van der Waals surface area contributed by atoms with Gasteiger partial charge >= 0.3 is 5.97 Å². The van der Waals surface area contributed by atoms with Gasteiger partial charge in [0.2, 0.25) is 0 Å². The van der Waals surface area contributed by atoms with Gasteiger partial charge in [-0.05, 0) is 34.5 Å². The molecule has 5 heteroatoms. The molecule has 0 saturated heterocycles. The maximum Gasteiger partial charge on any atom is 0.310 e. The molecule has 0 fully saturated rings. The second kappa shape index (κ2) is 4.95. The zero-order valence-electron chi connectivity index (χ0n) is 7.67. The molecule has 1 N–H and O–H groups in total. The molecule has 4 nitrogen and oxygen atoms in total. The van der Waals surface area contributed by atoms with Crippen LogP contribution in [-0.2, 0) is 16.0 Å². The van der Waals surface area contributed by atoms with Crippen molar-refractivity contribution in [3.05, 3.63) is 32.7 Å². The zero-order valence-corrected chi connectivity index (χ0v) is 9.26. The monoisotopic (exact) mass is 259 g/mol. The summed E-state index contributed by atoms with van der Waals surface area (Å²) in [7, 11) is 0. The van der Waals surface area contributed by atoms with Gasteiger partial charge in [-0.25, -0.2) is 0 Å². The highest BCUT2D eigenvalue weighted by Gasteiger charge is 2.08. The van der Waals surface area contributed by atoms with Gasteiger partial charge < -0.3 is 9.72 Å². The van der Waals surface area contributed by atoms with Gasteiger partial charge in [0, 0.05) is 6.20 Å². The van der Waals surface area contributed by atoms with Crippen LogP contribution in [0.4, 0.5) is 0 Å². The molecule has 0 radical (unpaired) electrons. The van der Waals surface area contributed by atoms with E-state index in [1.54, 1.807) is 13.0 Å². The number of ether oxygens (including phenoxy) is 1. The third-order valence-corrected chi connectivity index (χ3v) is 2.49. The summed E-state index contributed by atoms with van der Waals surface area (Å²) in [6.45, 7) is 2.09. The standard InChI is InChI=1S/C9H10BrNO3/c1-2-14-7(12)5-6-3-4-11-9(13)8(6)10/h3-4H,2,5H2,1H3,(H,11,13). The Morgan fingerprint density at radius 2 is 2.36 bits per heavy atom. The van der Waals surface area contributed by atoms with Crippen molar-refractivity contribution in [3.63, 3.8) is 0 Å². The predicted molar refractivity (Wildman–Crippen MR) is 55.1 cm³/mol. The summed E-state index contributed by atoms with van der Waals surface area (Å²) in [5.74, 6) is -0.334. The first-order valence-corrected chi connectivity index (χ1v) is 4.96. The average molecular weight is 260 g/mol. The van der Waals surface area contributed by atoms with E-state index in [-0.39, 0.29) is 17.9 Å². The molecule has 0 aliphatic carbocycles. The van der Waals surface area contributed by atoms with E-state index in [0.717, 1.165) is 0 Å². The highest BCUT2D eigenvalue weighted by atomic mass is 79.9. The molecule has 1 rings (SSSR count). The number of nitrogens with one attached hydrogen (secondary N) is 1. The molecule has 0 spiro atoms. The first-order chi connectivity index (χ1) is 6.65. The second-order valence-electron chi connectivity index (χ2n) is 2.63. The molecule has 76 valence electrons. The van der Waals surface area contributed by atoms with E-state index in [1.807, 2.05) is 0 Å². The summed E-state index contributed by atoms with van der Waals surface area (Å²) < 4.78 is 5.15. The molecule has 0 atom stereocenters. The summed E-state index contributed by atoms with van der Waals surface area (Å²) >= 11 is 3.11. The van der Waals surface area contributed by atoms with Crippen LogP contribution in [0.5, 0.6) is 0 Å². The highest BCUT2D eigenvalue weighted by Crippen LogP contribution is 2.11. The minimum absolute atomic E-state index is 0.109. The second-order valence-corrected chi connectivity index (χ2v) is 3.42. The van der Waals surface area contributed by atoms with Crippen molar-refractivity contribution < 1.29 is 9.53 Å². The van der Waals surface area contributed by atoms with Crippen LogP contribution in [0.2, 0.25) is 0 Å². The van der Waals surface area contributed by atoms with Crippen LogP contribution >= 0.6 is 15.9 Å². The van der Waals surface area contributed by atoms with Crippen LogP contribution in [0.3, 0.4) is 0 Å². The number of rotatable bonds is 3. The maximum absolute atomic E-state index is 11.1. The molecule has 0 bridgehead atoms. The van der Waals surface area contributed by atoms with Crippen molar-refractivity contribution >= 4 is 21.9 Å². The van der Waals surface area contributed by atoms with Crippen molar-refractivity contribution in [2.24, 2.45) is 0 Å². The van der Waals surface area contributed by atoms with Gasteiger partial charge in [0.25, 0.3) is 5.56 Å². The number of H-pyrrole nitrogens is 1. The lowest BCUT2D eigenvalue weighted by atomic mass is 10.2. The Labute approximate surface area is 89.4 Å². The van der Waals surface area contributed by atoms with Crippen LogP contribution in [0.25, 0.3) is 0 Å². The SMILES string of the molecule is CCOC(=O)Cc1cc[nH]c(=O)c1Br. The fourth-order valence-corrected chi connectivity index (χ4v) is 1.39. The lowest BCUT2D eigenvalue weighted by Gasteiger charge is -2.02. The van der Waals surface area contributed by atoms with E-state index in [0.29, 0.717) is 16.6 Å². The molecule has 0 aromatic carbocycles. The number of aromatic nitrogens is 1. The molecule has 14 heavy (non-hydrogen) atoms. The molecule has 0 saturated carbocycles. The fourth-order valence-electron chi connectivity index (χ4n) is 1.00. The molecule has 1 aromatic rings. The number of pyridine rings is 1. The van der Waals surface area contributed by atoms with Crippen molar-refractivity contribution in [1.29, 1.82) is 0 Å². The number of esters is 1. The third-order valence-electron chi connectivity index (χ3n) is 1.62. The summed E-state index contributed by atoms with van der Waals surface area (Å²) in [6.07, 6.45) is 1.61. The molecule has 0 aliphatic heterocycles. The lowest BCUT2D eigenvalue weighted by Crippen LogP contribution is -2.13. The normalized spacial score (nSPS) is 9.86. The molecule has 0 aliphatic rings. The smallest absolute Gasteiger partial charge is 0.310 e. The minimum Gasteiger partial charge on any atom is -0.466 e. The predicted octanol–water partition coefficient (Wildman–Crippen LogP) is 1.24. The molecule has 0 unspecified atom stereocenters. The van der Waals surface area contributed by atoms with Crippen LogP contribution in [0.1, 0.15) is 12.5 Å². The Kier molecular flexibility index (Phi) is 3.88. The van der Waals surface area contributed by atoms with E-state index in [2.05, 4.69) is 20.9 Å². The Morgan fingerprint density at radius 3 is 3.00 bits per heavy atom. The van der Waals surface area contributed by atoms with Crippen LogP contribution < -0.4 is 5.56 Å². The van der Waals surface area contributed by atoms with E-state index in [9.17, 15) is 9.59 Å². The summed E-state index contributed by atoms with van der Waals surface area (Å²) in [4.78, 5) is 24.7. The van der Waals surface area contributed by atoms with Gasteiger partial charge in [-0.15, -0.1) is 0 Å². The Balaban J connectivity index is 2.82. The Hall–Kier alpha value is -1.10. The number of hydrogen-bond donors (Lipinski definition) is 1. The van der Waals surface area contributed by atoms with Crippen LogP contribution in [0, 0.1) is 0 Å². The molecular weight excluding hydrogens is 250 g/mol. The van der Waals surface area contributed by atoms with E-state index in [4.69, 9.17) is 4.74 Å². The van der Waals surface area contributed by atoms with Gasteiger partial charge in [-0.3, -0.25) is 9.59 Å². The third kappa shape index (κ3) is 2.70. The average Bonchev–Trinajstić information content (AvgIpc) is 2.13. The van der Waals surface area contributed by atoms with Crippen molar-refractivity contribution in [2.75, 3.05) is 6.61 Å². The fraction of sp³-hybridized carbons (Fsp3) is 0.333. The van der Waals surface area contributed by atoms with Gasteiger partial charge in [0.15, 0.2) is 0 Å². The molecule has 0 amide bonds. The number of hydrogen-bond acceptors (Lipinski definition) is 3. The molecule has 1 heterocycles. The number of halogens is 1. The van der Waals surface area contributed by atoms with E-state index in [1.165, 1.54) is 6.20 Å². The van der Waals surface area contributed by atoms with Gasteiger partial charge in [0.05, 0.1) is 17.5 Å². The quantitative estimate of drug-likeness (QED) is 0.832. The summed E-state index contributed by atoms with van der Waals surface area (Å²) in [5.41, 5.74) is 0.388. The van der Waals surface area contributed by atoms with Crippen molar-refractivity contribution in [3.8, 4) is 0 Å². The van der Waals surface area contributed by atoms with Crippen LogP contribution in [0.15, 0.2) is 21.5 Å². The maximum atomic E-state index is 11.1. The van der Waals surface area contributed by atoms with Gasteiger partial charge in [0.1, 0.15) is 0 Å². The Bertz CT molecular complexity index is 386. The number of carbonyl (C=O) groups is 1. The number of carbonyl (C=O) groups excluding carboxylic acids is 1. The molecule has 1 aromatic heterocycles. The van der Waals surface area contributed by atoms with Crippen LogP contribution in [-0.4, -0.2) is 17.6 Å². The Morgan fingerprint density at radius 1 is 1.64 bits per heavy atom. The minimum atomic E-state index is -0.334. The molecular formula is C9H10BrNO3. The van der Waals surface area contributed by atoms with Gasteiger partial charge in [-0.2, -0.15) is 0 Å². The van der Waals surface area contributed by atoms with E-state index >= 15 is 0 Å². The highest BCUT2D eigenvalue weighted by molar-refractivity contribution is 9.10. The van der Waals surface area contributed by atoms with Gasteiger partial charge in [-0.1, -0.05) is 0 Å². The first-order valence-electron chi connectivity index (χ1n) is 4.16. The zero-order chi connectivity index (χ0) is 10.6. The topological polar surface area (TPSA) is 59.2 Å². The first kappa shape index (κ1) is 11.0. The lowest BCUT2D eigenvalue weighted by molar-refractivity contribution is -0.142. The largest absolute Gasteiger partial charge is 0.466 e. The van der Waals surface area contributed by atoms with Crippen molar-refractivity contribution in [1.82, 2.24) is 4.98 Å². The number of aromatic amines is 1. The van der Waals surface area contributed by atoms with Crippen molar-refractivity contribution in [2.45, 2.75) is 13.3 Å². The summed E-state index contributed by atoms with van der Waals surface area (Å²) in [5, 5.41) is 0. The summed E-state index contributed by atoms with van der Waals surface area (Å²) in [6, 6.07) is 1.67. The van der Waals surface area contributed by atoms with E-state index < -0.39 is 0 Å².